The Labute approximate surface area is 122 Å². The average Bonchev–Trinajstić information content (AvgIpc) is 2.45. The van der Waals surface area contributed by atoms with Gasteiger partial charge in [0.05, 0.1) is 6.10 Å². The van der Waals surface area contributed by atoms with Gasteiger partial charge in [-0.1, -0.05) is 58.4 Å². The number of aliphatic hydroxyl groups is 1. The first-order chi connectivity index (χ1) is 9.16. The van der Waals surface area contributed by atoms with Gasteiger partial charge in [0.1, 0.15) is 0 Å². The van der Waals surface area contributed by atoms with E-state index in [0.717, 1.165) is 10.0 Å². The maximum Gasteiger partial charge on any atom is 0.0914 e. The number of hydrogen-bond donors (Lipinski definition) is 2. The maximum atomic E-state index is 10.2. The molecule has 100 valence electrons. The lowest BCUT2D eigenvalue weighted by molar-refractivity contribution is 0.170. The van der Waals surface area contributed by atoms with Crippen LogP contribution >= 0.6 is 15.9 Å². The van der Waals surface area contributed by atoms with Crippen LogP contribution < -0.4 is 5.32 Å². The summed E-state index contributed by atoms with van der Waals surface area (Å²) < 4.78 is 0.986. The van der Waals surface area contributed by atoms with Gasteiger partial charge in [0.15, 0.2) is 0 Å². The molecule has 2 rings (SSSR count). The van der Waals surface area contributed by atoms with Gasteiger partial charge in [-0.25, -0.2) is 0 Å². The monoisotopic (exact) mass is 319 g/mol. The summed E-state index contributed by atoms with van der Waals surface area (Å²) in [6.45, 7) is 2.63. The Morgan fingerprint density at radius 2 is 1.74 bits per heavy atom. The lowest BCUT2D eigenvalue weighted by atomic mass is 10.1. The zero-order chi connectivity index (χ0) is 13.7. The summed E-state index contributed by atoms with van der Waals surface area (Å²) in [6, 6.07) is 18.2. The van der Waals surface area contributed by atoms with Crippen molar-refractivity contribution in [3.63, 3.8) is 0 Å². The van der Waals surface area contributed by atoms with Crippen LogP contribution in [0.1, 0.15) is 30.2 Å². The van der Waals surface area contributed by atoms with E-state index in [-0.39, 0.29) is 6.04 Å². The Bertz CT molecular complexity index is 515. The second-order valence-electron chi connectivity index (χ2n) is 4.61. The van der Waals surface area contributed by atoms with Crippen LogP contribution in [0.3, 0.4) is 0 Å². The van der Waals surface area contributed by atoms with E-state index in [1.165, 1.54) is 5.56 Å². The van der Waals surface area contributed by atoms with Gasteiger partial charge < -0.3 is 10.4 Å². The van der Waals surface area contributed by atoms with Crippen LogP contribution in [-0.2, 0) is 0 Å². The molecule has 0 aliphatic heterocycles. The second kappa shape index (κ2) is 6.85. The van der Waals surface area contributed by atoms with Crippen molar-refractivity contribution in [3.05, 3.63) is 70.2 Å². The molecule has 0 saturated carbocycles. The van der Waals surface area contributed by atoms with Crippen molar-refractivity contribution >= 4 is 15.9 Å². The molecule has 1 unspecified atom stereocenters. The number of rotatable bonds is 5. The van der Waals surface area contributed by atoms with Crippen LogP contribution in [0.15, 0.2) is 59.1 Å². The van der Waals surface area contributed by atoms with Crippen molar-refractivity contribution < 1.29 is 5.11 Å². The van der Waals surface area contributed by atoms with Crippen molar-refractivity contribution in [3.8, 4) is 0 Å². The minimum absolute atomic E-state index is 0.225. The van der Waals surface area contributed by atoms with Crippen LogP contribution in [0.25, 0.3) is 0 Å². The third-order valence-corrected chi connectivity index (χ3v) is 3.64. The standard InChI is InChI=1S/C16H18BrNO/c1-12(13-6-3-2-4-7-13)18-11-16(19)14-8-5-9-15(17)10-14/h2-10,12,16,18-19H,11H2,1H3/t12-,16?/m1/s1. The molecule has 0 saturated heterocycles. The largest absolute Gasteiger partial charge is 0.387 e. The van der Waals surface area contributed by atoms with E-state index in [2.05, 4.69) is 40.3 Å². The fourth-order valence-electron chi connectivity index (χ4n) is 1.98. The number of benzene rings is 2. The SMILES string of the molecule is C[C@@H](NCC(O)c1cccc(Br)c1)c1ccccc1. The first-order valence-electron chi connectivity index (χ1n) is 6.38. The Morgan fingerprint density at radius 1 is 1.05 bits per heavy atom. The fraction of sp³-hybridized carbons (Fsp3) is 0.250. The lowest BCUT2D eigenvalue weighted by Gasteiger charge is -2.18. The third-order valence-electron chi connectivity index (χ3n) is 3.15. The van der Waals surface area contributed by atoms with E-state index in [4.69, 9.17) is 0 Å². The molecule has 0 aromatic heterocycles. The highest BCUT2D eigenvalue weighted by Crippen LogP contribution is 2.19. The number of aliphatic hydroxyl groups excluding tert-OH is 1. The smallest absolute Gasteiger partial charge is 0.0914 e. The highest BCUT2D eigenvalue weighted by Gasteiger charge is 2.10. The molecule has 0 fully saturated rings. The van der Waals surface area contributed by atoms with Gasteiger partial charge >= 0.3 is 0 Å². The van der Waals surface area contributed by atoms with Crippen LogP contribution in [0, 0.1) is 0 Å². The van der Waals surface area contributed by atoms with Crippen LogP contribution in [-0.4, -0.2) is 11.7 Å². The van der Waals surface area contributed by atoms with E-state index in [1.54, 1.807) is 0 Å². The molecule has 0 aliphatic rings. The van der Waals surface area contributed by atoms with Crippen molar-refractivity contribution in [1.82, 2.24) is 5.32 Å². The molecule has 2 atom stereocenters. The molecular weight excluding hydrogens is 302 g/mol. The summed E-state index contributed by atoms with van der Waals surface area (Å²) in [6.07, 6.45) is -0.497. The predicted molar refractivity (Wildman–Crippen MR) is 82.0 cm³/mol. The molecule has 2 aromatic carbocycles. The Balaban J connectivity index is 1.92. The molecule has 19 heavy (non-hydrogen) atoms. The molecule has 0 radical (unpaired) electrons. The van der Waals surface area contributed by atoms with Crippen molar-refractivity contribution in [2.75, 3.05) is 6.54 Å². The number of halogens is 1. The van der Waals surface area contributed by atoms with Crippen LogP contribution in [0.5, 0.6) is 0 Å². The summed E-state index contributed by atoms with van der Waals surface area (Å²) in [5.74, 6) is 0. The van der Waals surface area contributed by atoms with Gasteiger partial charge in [-0.15, -0.1) is 0 Å². The molecule has 2 nitrogen and oxygen atoms in total. The predicted octanol–water partition coefficient (Wildman–Crippen LogP) is 3.83. The second-order valence-corrected chi connectivity index (χ2v) is 5.53. The first-order valence-corrected chi connectivity index (χ1v) is 7.18. The maximum absolute atomic E-state index is 10.2. The molecule has 2 N–H and O–H groups in total. The van der Waals surface area contributed by atoms with Crippen LogP contribution in [0.4, 0.5) is 0 Å². The van der Waals surface area contributed by atoms with Gasteiger partial charge in [0.25, 0.3) is 0 Å². The molecule has 0 heterocycles. The van der Waals surface area contributed by atoms with Crippen molar-refractivity contribution in [1.29, 1.82) is 0 Å². The summed E-state index contributed by atoms with van der Waals surface area (Å²) in [4.78, 5) is 0. The number of hydrogen-bond acceptors (Lipinski definition) is 2. The Morgan fingerprint density at radius 3 is 2.42 bits per heavy atom. The third kappa shape index (κ3) is 4.16. The molecule has 0 aliphatic carbocycles. The van der Waals surface area contributed by atoms with E-state index in [1.807, 2.05) is 42.5 Å². The van der Waals surface area contributed by atoms with Gasteiger partial charge in [-0.05, 0) is 30.2 Å². The highest BCUT2D eigenvalue weighted by atomic mass is 79.9. The van der Waals surface area contributed by atoms with E-state index < -0.39 is 6.10 Å². The molecule has 0 spiro atoms. The molecular formula is C16H18BrNO. The summed E-state index contributed by atoms with van der Waals surface area (Å²) in [7, 11) is 0. The van der Waals surface area contributed by atoms with Crippen molar-refractivity contribution in [2.24, 2.45) is 0 Å². The van der Waals surface area contributed by atoms with Crippen LogP contribution in [0.2, 0.25) is 0 Å². The topological polar surface area (TPSA) is 32.3 Å². The normalized spacial score (nSPS) is 14.1. The van der Waals surface area contributed by atoms with E-state index >= 15 is 0 Å². The minimum atomic E-state index is -0.497. The van der Waals surface area contributed by atoms with Crippen molar-refractivity contribution in [2.45, 2.75) is 19.1 Å². The minimum Gasteiger partial charge on any atom is -0.387 e. The molecule has 3 heteroatoms. The average molecular weight is 320 g/mol. The Kier molecular flexibility index (Phi) is 5.14. The number of nitrogens with one attached hydrogen (secondary N) is 1. The van der Waals surface area contributed by atoms with E-state index in [0.29, 0.717) is 6.54 Å². The summed E-state index contributed by atoms with van der Waals surface area (Å²) >= 11 is 3.42. The van der Waals surface area contributed by atoms with Gasteiger partial charge in [0, 0.05) is 17.1 Å². The molecule has 0 amide bonds. The highest BCUT2D eigenvalue weighted by molar-refractivity contribution is 9.10. The summed E-state index contributed by atoms with van der Waals surface area (Å²) in [5.41, 5.74) is 2.14. The quantitative estimate of drug-likeness (QED) is 0.877. The molecule has 0 bridgehead atoms. The lowest BCUT2D eigenvalue weighted by Crippen LogP contribution is -2.24. The van der Waals surface area contributed by atoms with Gasteiger partial charge in [-0.2, -0.15) is 0 Å². The zero-order valence-electron chi connectivity index (χ0n) is 10.9. The zero-order valence-corrected chi connectivity index (χ0v) is 12.5. The van der Waals surface area contributed by atoms with E-state index in [9.17, 15) is 5.11 Å². The Hall–Kier alpha value is -1.16. The summed E-state index contributed by atoms with van der Waals surface area (Å²) in [5, 5.41) is 13.5. The van der Waals surface area contributed by atoms with Gasteiger partial charge in [-0.3, -0.25) is 0 Å². The fourth-order valence-corrected chi connectivity index (χ4v) is 2.40. The van der Waals surface area contributed by atoms with Gasteiger partial charge in [0.2, 0.25) is 0 Å². The first kappa shape index (κ1) is 14.3. The molecule has 2 aromatic rings.